The van der Waals surface area contributed by atoms with E-state index in [4.69, 9.17) is 11.6 Å². The number of aliphatic hydroxyl groups excluding tert-OH is 1. The molecule has 1 aliphatic rings. The van der Waals surface area contributed by atoms with Crippen molar-refractivity contribution in [1.82, 2.24) is 9.05 Å². The first-order chi connectivity index (χ1) is 16.6. The predicted molar refractivity (Wildman–Crippen MR) is 141 cm³/mol. The Hall–Kier alpha value is -2.04. The molecule has 1 atom stereocenters. The van der Waals surface area contributed by atoms with Crippen molar-refractivity contribution < 1.29 is 18.3 Å². The zero-order valence-corrected chi connectivity index (χ0v) is 22.6. The van der Waals surface area contributed by atoms with Crippen LogP contribution < -0.4 is 9.28 Å². The second-order valence-electron chi connectivity index (χ2n) is 9.13. The summed E-state index contributed by atoms with van der Waals surface area (Å²) in [5.74, 6) is -0.399. The van der Waals surface area contributed by atoms with Gasteiger partial charge in [0.25, 0.3) is 0 Å². The van der Waals surface area contributed by atoms with Gasteiger partial charge in [0.1, 0.15) is 5.69 Å². The molecule has 2 heterocycles. The van der Waals surface area contributed by atoms with Crippen LogP contribution in [0, 0.1) is 0 Å². The molecule has 0 saturated carbocycles. The highest BCUT2D eigenvalue weighted by Gasteiger charge is 2.45. The lowest BCUT2D eigenvalue weighted by Gasteiger charge is -2.38. The maximum atomic E-state index is 13.8. The van der Waals surface area contributed by atoms with E-state index in [1.165, 1.54) is 11.3 Å². The summed E-state index contributed by atoms with van der Waals surface area (Å²) in [6, 6.07) is 10.3. The van der Waals surface area contributed by atoms with Gasteiger partial charge in [0, 0.05) is 19.1 Å². The minimum absolute atomic E-state index is 0.0694. The van der Waals surface area contributed by atoms with Gasteiger partial charge < -0.3 is 9.67 Å². The summed E-state index contributed by atoms with van der Waals surface area (Å²) in [5.41, 5.74) is 0.668. The van der Waals surface area contributed by atoms with E-state index in [2.05, 4.69) is 4.99 Å². The summed E-state index contributed by atoms with van der Waals surface area (Å²) >= 11 is 7.45. The molecule has 1 N–H and O–H groups in total. The van der Waals surface area contributed by atoms with Crippen LogP contribution >= 0.6 is 22.9 Å². The highest BCUT2D eigenvalue weighted by Crippen LogP contribution is 2.38. The van der Waals surface area contributed by atoms with Crippen molar-refractivity contribution in [3.8, 4) is 0 Å². The number of sulfone groups is 1. The Kier molecular flexibility index (Phi) is 7.54. The number of aliphatic hydroxyl groups is 1. The van der Waals surface area contributed by atoms with Gasteiger partial charge in [0.15, 0.2) is 14.6 Å². The fraction of sp³-hybridized carbons (Fsp3) is 0.440. The number of hydrogen-bond acceptors (Lipinski definition) is 6. The number of nitrogens with zero attached hydrogens (tertiary/aromatic N) is 3. The molecule has 3 aromatic rings. The fourth-order valence-corrected chi connectivity index (χ4v) is 7.79. The van der Waals surface area contributed by atoms with Gasteiger partial charge in [-0.15, -0.1) is 0 Å². The normalized spacial score (nSPS) is 17.6. The number of amides is 1. The largest absolute Gasteiger partial charge is 0.387 e. The minimum Gasteiger partial charge on any atom is -0.387 e. The van der Waals surface area contributed by atoms with Crippen molar-refractivity contribution in [2.75, 3.05) is 25.9 Å². The summed E-state index contributed by atoms with van der Waals surface area (Å²) in [6.07, 6.45) is 1.89. The Morgan fingerprint density at radius 1 is 1.17 bits per heavy atom. The number of carbonyl (C=O) groups is 1. The lowest BCUT2D eigenvalue weighted by molar-refractivity contribution is -0.130. The van der Waals surface area contributed by atoms with E-state index < -0.39 is 15.9 Å². The predicted octanol–water partition coefficient (Wildman–Crippen LogP) is 4.36. The van der Waals surface area contributed by atoms with Gasteiger partial charge in [-0.3, -0.25) is 4.99 Å². The molecule has 1 saturated heterocycles. The highest BCUT2D eigenvalue weighted by molar-refractivity contribution is 7.91. The van der Waals surface area contributed by atoms with E-state index in [1.807, 2.05) is 11.6 Å². The zero-order chi connectivity index (χ0) is 25.4. The van der Waals surface area contributed by atoms with Crippen molar-refractivity contribution in [2.45, 2.75) is 43.6 Å². The Balaban J connectivity index is 1.66. The molecular formula is C25H31ClN3O4S2+. The summed E-state index contributed by atoms with van der Waals surface area (Å²) in [6.45, 7) is 2.88. The maximum absolute atomic E-state index is 13.8. The Labute approximate surface area is 214 Å². The molecule has 0 radical (unpaired) electrons. The number of halogens is 1. The average molecular weight is 537 g/mol. The third kappa shape index (κ3) is 4.97. The third-order valence-corrected chi connectivity index (χ3v) is 10.1. The SMILES string of the molecule is C/N=c1\sc([N+]2(C(=O)CCS(=O)(=O)c3ccc4cc(Cl)ccc4c3)CCCCC2)c(C(C)O)n1C. The number of aromatic nitrogens is 1. The Morgan fingerprint density at radius 2 is 1.83 bits per heavy atom. The van der Waals surface area contributed by atoms with E-state index in [9.17, 15) is 18.3 Å². The number of fused-ring (bicyclic) bond motifs is 1. The smallest absolute Gasteiger partial charge is 0.320 e. The van der Waals surface area contributed by atoms with Crippen molar-refractivity contribution in [1.29, 1.82) is 0 Å². The van der Waals surface area contributed by atoms with Crippen LogP contribution in [0.1, 0.15) is 44.4 Å². The molecule has 2 aromatic carbocycles. The molecule has 1 aromatic heterocycles. The number of likely N-dealkylation sites (tertiary alicyclic amines) is 1. The molecule has 10 heteroatoms. The lowest BCUT2D eigenvalue weighted by Crippen LogP contribution is -2.57. The van der Waals surface area contributed by atoms with E-state index >= 15 is 0 Å². The first kappa shape index (κ1) is 26.0. The molecule has 0 aliphatic carbocycles. The van der Waals surface area contributed by atoms with E-state index in [1.54, 1.807) is 50.4 Å². The van der Waals surface area contributed by atoms with Gasteiger partial charge in [0.05, 0.1) is 36.3 Å². The van der Waals surface area contributed by atoms with Crippen molar-refractivity contribution in [3.05, 3.63) is 51.9 Å². The quantitative estimate of drug-likeness (QED) is 0.474. The van der Waals surface area contributed by atoms with Gasteiger partial charge in [-0.05, 0) is 72.6 Å². The number of thiazole rings is 1. The van der Waals surface area contributed by atoms with Gasteiger partial charge >= 0.3 is 5.91 Å². The van der Waals surface area contributed by atoms with Crippen LogP contribution in [-0.4, -0.2) is 49.9 Å². The van der Waals surface area contributed by atoms with E-state index in [0.29, 0.717) is 23.8 Å². The van der Waals surface area contributed by atoms with Crippen LogP contribution in [0.2, 0.25) is 5.02 Å². The van der Waals surface area contributed by atoms with E-state index in [0.717, 1.165) is 39.8 Å². The van der Waals surface area contributed by atoms with Crippen LogP contribution in [0.5, 0.6) is 0 Å². The third-order valence-electron chi connectivity index (χ3n) is 6.81. The minimum atomic E-state index is -3.67. The number of benzene rings is 2. The second kappa shape index (κ2) is 10.1. The summed E-state index contributed by atoms with van der Waals surface area (Å²) in [7, 11) is -0.144. The van der Waals surface area contributed by atoms with Crippen molar-refractivity contribution in [3.63, 3.8) is 0 Å². The van der Waals surface area contributed by atoms with Crippen LogP contribution in [-0.2, 0) is 21.7 Å². The molecule has 0 bridgehead atoms. The number of rotatable bonds is 6. The Morgan fingerprint density at radius 3 is 2.49 bits per heavy atom. The fourth-order valence-electron chi connectivity index (χ4n) is 4.97. The van der Waals surface area contributed by atoms with Crippen LogP contribution in [0.4, 0.5) is 5.00 Å². The average Bonchev–Trinajstić information content (AvgIpc) is 3.19. The highest BCUT2D eigenvalue weighted by atomic mass is 35.5. The molecule has 1 unspecified atom stereocenters. The number of piperidine rings is 1. The van der Waals surface area contributed by atoms with Crippen molar-refractivity contribution >= 4 is 54.5 Å². The standard InChI is InChI=1S/C25H31ClN3O4S2/c1-17(30)23-24(34-25(27-2)28(23)3)29(12-5-4-6-13-29)22(31)11-14-35(32,33)21-10-8-18-15-20(26)9-7-19(18)16-21/h7-10,15-17,30H,4-6,11-14H2,1-3H3/q+1/b27-25-. The maximum Gasteiger partial charge on any atom is 0.320 e. The van der Waals surface area contributed by atoms with E-state index in [-0.39, 0.29) is 27.5 Å². The molecule has 1 amide bonds. The summed E-state index contributed by atoms with van der Waals surface area (Å²) in [5, 5.41) is 13.6. The molecular weight excluding hydrogens is 506 g/mol. The van der Waals surface area contributed by atoms with Gasteiger partial charge in [-0.2, -0.15) is 0 Å². The van der Waals surface area contributed by atoms with Crippen LogP contribution in [0.25, 0.3) is 10.8 Å². The topological polar surface area (TPSA) is 88.7 Å². The van der Waals surface area contributed by atoms with Gasteiger partial charge in [-0.25, -0.2) is 17.7 Å². The molecule has 35 heavy (non-hydrogen) atoms. The monoisotopic (exact) mass is 536 g/mol. The molecule has 7 nitrogen and oxygen atoms in total. The van der Waals surface area contributed by atoms with Gasteiger partial charge in [0.2, 0.25) is 5.00 Å². The molecule has 188 valence electrons. The number of carbonyl (C=O) groups excluding carboxylic acids is 1. The first-order valence-electron chi connectivity index (χ1n) is 11.7. The van der Waals surface area contributed by atoms with Crippen LogP contribution in [0.15, 0.2) is 46.3 Å². The molecule has 4 rings (SSSR count). The number of quaternary nitrogens is 1. The molecule has 1 aliphatic heterocycles. The zero-order valence-electron chi connectivity index (χ0n) is 20.2. The second-order valence-corrected chi connectivity index (χ2v) is 12.6. The van der Waals surface area contributed by atoms with Crippen molar-refractivity contribution in [2.24, 2.45) is 12.0 Å². The Bertz CT molecular complexity index is 1430. The first-order valence-corrected chi connectivity index (χ1v) is 14.6. The molecule has 0 spiro atoms. The van der Waals surface area contributed by atoms with Crippen LogP contribution in [0.3, 0.4) is 0 Å². The molecule has 1 fully saturated rings. The summed E-state index contributed by atoms with van der Waals surface area (Å²) < 4.78 is 28.3. The number of hydrogen-bond donors (Lipinski definition) is 1. The van der Waals surface area contributed by atoms with Gasteiger partial charge in [-0.1, -0.05) is 23.7 Å². The lowest BCUT2D eigenvalue weighted by atomic mass is 10.1. The summed E-state index contributed by atoms with van der Waals surface area (Å²) in [4.78, 5) is 19.0.